The van der Waals surface area contributed by atoms with Crippen LogP contribution in [0.2, 0.25) is 0 Å². The van der Waals surface area contributed by atoms with E-state index in [1.165, 1.54) is 0 Å². The minimum atomic E-state index is -0.996. The van der Waals surface area contributed by atoms with Crippen molar-refractivity contribution in [2.45, 2.75) is 58.0 Å². The molecule has 1 aromatic heterocycles. The van der Waals surface area contributed by atoms with E-state index in [1.54, 1.807) is 6.92 Å². The van der Waals surface area contributed by atoms with Crippen LogP contribution in [0.25, 0.3) is 0 Å². The van der Waals surface area contributed by atoms with Gasteiger partial charge in [0.25, 0.3) is 0 Å². The first-order valence-electron chi connectivity index (χ1n) is 7.98. The van der Waals surface area contributed by atoms with Gasteiger partial charge in [-0.05, 0) is 13.3 Å². The lowest BCUT2D eigenvalue weighted by Crippen LogP contribution is -2.33. The van der Waals surface area contributed by atoms with Crippen molar-refractivity contribution in [3.8, 4) is 0 Å². The molecule has 1 aromatic rings. The average Bonchev–Trinajstić information content (AvgIpc) is 2.85. The maximum absolute atomic E-state index is 14.1. The summed E-state index contributed by atoms with van der Waals surface area (Å²) in [5.74, 6) is -1.44. The fraction of sp³-hybridized carbons (Fsp3) is 0.667. The van der Waals surface area contributed by atoms with Gasteiger partial charge >= 0.3 is 11.8 Å². The number of ether oxygens (including phenoxy) is 2. The van der Waals surface area contributed by atoms with Crippen LogP contribution in [-0.2, 0) is 9.47 Å². The van der Waals surface area contributed by atoms with E-state index in [4.69, 9.17) is 9.47 Å². The first-order valence-corrected chi connectivity index (χ1v) is 7.98. The number of carbonyl (C=O) groups is 1. The molecule has 0 bridgehead atoms. The van der Waals surface area contributed by atoms with Crippen molar-refractivity contribution in [3.05, 3.63) is 22.5 Å². The molecular formula is C15H22FN3O5. The average molecular weight is 343 g/mol. The number of amides is 1. The van der Waals surface area contributed by atoms with Crippen molar-refractivity contribution >= 4 is 11.9 Å². The summed E-state index contributed by atoms with van der Waals surface area (Å²) in [7, 11) is 0. The molecule has 1 amide bonds. The lowest BCUT2D eigenvalue weighted by atomic mass is 10.2. The van der Waals surface area contributed by atoms with Gasteiger partial charge in [0.2, 0.25) is 0 Å². The van der Waals surface area contributed by atoms with Crippen molar-refractivity contribution < 1.29 is 23.8 Å². The highest BCUT2D eigenvalue weighted by Gasteiger charge is 2.34. The lowest BCUT2D eigenvalue weighted by Gasteiger charge is -2.17. The van der Waals surface area contributed by atoms with Gasteiger partial charge in [0, 0.05) is 6.42 Å². The van der Waals surface area contributed by atoms with Gasteiger partial charge in [0.05, 0.1) is 18.9 Å². The van der Waals surface area contributed by atoms with Gasteiger partial charge in [-0.15, -0.1) is 0 Å². The molecule has 1 aliphatic rings. The van der Waals surface area contributed by atoms with Crippen molar-refractivity contribution in [1.82, 2.24) is 9.55 Å². The maximum atomic E-state index is 14.1. The van der Waals surface area contributed by atoms with Crippen LogP contribution < -0.4 is 11.0 Å². The summed E-state index contributed by atoms with van der Waals surface area (Å²) in [6, 6.07) is 0. The first-order chi connectivity index (χ1) is 11.4. The zero-order chi connectivity index (χ0) is 17.7. The molecule has 2 heterocycles. The van der Waals surface area contributed by atoms with Gasteiger partial charge in [-0.3, -0.25) is 9.88 Å². The third kappa shape index (κ3) is 4.51. The monoisotopic (exact) mass is 343 g/mol. The third-order valence-electron chi connectivity index (χ3n) is 3.66. The van der Waals surface area contributed by atoms with Gasteiger partial charge in [-0.25, -0.2) is 14.0 Å². The number of carbonyl (C=O) groups excluding carboxylic acids is 1. The van der Waals surface area contributed by atoms with Gasteiger partial charge in [0.1, 0.15) is 6.10 Å². The number of aromatic nitrogens is 2. The van der Waals surface area contributed by atoms with Crippen LogP contribution in [0.1, 0.15) is 45.8 Å². The number of halogens is 1. The van der Waals surface area contributed by atoms with Crippen LogP contribution >= 0.6 is 0 Å². The Balaban J connectivity index is 2.04. The molecule has 134 valence electrons. The van der Waals surface area contributed by atoms with Crippen LogP contribution in [0.4, 0.5) is 15.0 Å². The fourth-order valence-electron chi connectivity index (χ4n) is 2.46. The van der Waals surface area contributed by atoms with E-state index in [0.29, 0.717) is 12.8 Å². The number of aliphatic hydroxyl groups excluding tert-OH is 1. The summed E-state index contributed by atoms with van der Waals surface area (Å²) in [5, 5.41) is 12.0. The second-order valence-corrected chi connectivity index (χ2v) is 5.74. The molecule has 0 aromatic carbocycles. The van der Waals surface area contributed by atoms with Gasteiger partial charge < -0.3 is 14.6 Å². The third-order valence-corrected chi connectivity index (χ3v) is 3.66. The smallest absolute Gasteiger partial charge is 0.412 e. The molecule has 0 radical (unpaired) electrons. The Morgan fingerprint density at radius 2 is 2.33 bits per heavy atom. The van der Waals surface area contributed by atoms with E-state index in [9.17, 15) is 19.1 Å². The van der Waals surface area contributed by atoms with E-state index in [1.807, 2.05) is 6.92 Å². The Bertz CT molecular complexity index is 636. The summed E-state index contributed by atoms with van der Waals surface area (Å²) in [5.41, 5.74) is -0.837. The van der Waals surface area contributed by atoms with E-state index < -0.39 is 35.7 Å². The summed E-state index contributed by atoms with van der Waals surface area (Å²) in [4.78, 5) is 27.1. The second-order valence-electron chi connectivity index (χ2n) is 5.74. The second kappa shape index (κ2) is 8.20. The number of anilines is 1. The predicted octanol–water partition coefficient (Wildman–Crippen LogP) is 1.79. The Morgan fingerprint density at radius 3 is 2.96 bits per heavy atom. The molecule has 3 atom stereocenters. The van der Waals surface area contributed by atoms with E-state index in [-0.39, 0.29) is 12.7 Å². The topological polar surface area (TPSA) is 103 Å². The largest absolute Gasteiger partial charge is 0.449 e. The van der Waals surface area contributed by atoms with Crippen molar-refractivity contribution in [2.24, 2.45) is 0 Å². The number of unbranched alkanes of at least 4 members (excludes halogenated alkanes) is 2. The number of rotatable bonds is 6. The lowest BCUT2D eigenvalue weighted by molar-refractivity contribution is -0.0352. The highest BCUT2D eigenvalue weighted by Crippen LogP contribution is 2.27. The molecule has 1 fully saturated rings. The highest BCUT2D eigenvalue weighted by molar-refractivity contribution is 5.83. The first kappa shape index (κ1) is 18.3. The van der Waals surface area contributed by atoms with E-state index in [0.717, 1.165) is 23.6 Å². The summed E-state index contributed by atoms with van der Waals surface area (Å²) >= 11 is 0. The van der Waals surface area contributed by atoms with Crippen LogP contribution in [0.3, 0.4) is 0 Å². The van der Waals surface area contributed by atoms with Crippen LogP contribution in [-0.4, -0.2) is 39.6 Å². The molecule has 0 saturated carbocycles. The molecule has 24 heavy (non-hydrogen) atoms. The number of hydrogen-bond acceptors (Lipinski definition) is 6. The molecule has 0 aliphatic carbocycles. The van der Waals surface area contributed by atoms with E-state index >= 15 is 0 Å². The standard InChI is InChI=1S/C15H22FN3O5/c1-3-4-5-6-23-15(22)18-12-10(16)8-19(14(21)17-12)13-11(20)7-9(2)24-13/h8-9,11,13,20H,3-7H2,1-2H3,(H,17,18,21,22)/t9-,11-,13-/m1/s1. The zero-order valence-corrected chi connectivity index (χ0v) is 13.7. The number of aliphatic hydroxyl groups is 1. The minimum absolute atomic E-state index is 0.207. The van der Waals surface area contributed by atoms with Crippen molar-refractivity contribution in [2.75, 3.05) is 11.9 Å². The number of nitrogens with zero attached hydrogens (tertiary/aromatic N) is 2. The van der Waals surface area contributed by atoms with Gasteiger partial charge in [-0.2, -0.15) is 4.98 Å². The molecule has 0 spiro atoms. The predicted molar refractivity (Wildman–Crippen MR) is 83.2 cm³/mol. The minimum Gasteiger partial charge on any atom is -0.449 e. The molecule has 2 rings (SSSR count). The summed E-state index contributed by atoms with van der Waals surface area (Å²) < 4.78 is 25.2. The summed E-state index contributed by atoms with van der Waals surface area (Å²) in [6.45, 7) is 3.96. The number of hydrogen-bond donors (Lipinski definition) is 2. The Labute approximate surface area is 138 Å². The molecule has 0 unspecified atom stereocenters. The zero-order valence-electron chi connectivity index (χ0n) is 13.7. The summed E-state index contributed by atoms with van der Waals surface area (Å²) in [6.07, 6.45) is 0.736. The Morgan fingerprint density at radius 1 is 1.58 bits per heavy atom. The molecule has 9 heteroatoms. The van der Waals surface area contributed by atoms with Crippen LogP contribution in [0.15, 0.2) is 11.0 Å². The quantitative estimate of drug-likeness (QED) is 0.764. The normalized spacial score (nSPS) is 23.2. The molecule has 1 aliphatic heterocycles. The number of nitrogens with one attached hydrogen (secondary N) is 1. The maximum Gasteiger partial charge on any atom is 0.412 e. The SMILES string of the molecule is CCCCCOC(=O)Nc1nc(=O)n([C@@H]2O[C@H](C)C[C@H]2O)cc1F. The Hall–Kier alpha value is -2.00. The molecule has 1 saturated heterocycles. The van der Waals surface area contributed by atoms with Gasteiger partial charge in [0.15, 0.2) is 17.9 Å². The molecule has 8 nitrogen and oxygen atoms in total. The van der Waals surface area contributed by atoms with Crippen molar-refractivity contribution in [1.29, 1.82) is 0 Å². The van der Waals surface area contributed by atoms with Crippen LogP contribution in [0.5, 0.6) is 0 Å². The fourth-order valence-corrected chi connectivity index (χ4v) is 2.46. The van der Waals surface area contributed by atoms with Gasteiger partial charge in [-0.1, -0.05) is 19.8 Å². The van der Waals surface area contributed by atoms with Crippen molar-refractivity contribution in [3.63, 3.8) is 0 Å². The van der Waals surface area contributed by atoms with Crippen LogP contribution in [0, 0.1) is 5.82 Å². The molecule has 2 N–H and O–H groups in total. The molecular weight excluding hydrogens is 321 g/mol. The van der Waals surface area contributed by atoms with E-state index in [2.05, 4.69) is 10.3 Å². The Kier molecular flexibility index (Phi) is 6.27. The highest BCUT2D eigenvalue weighted by atomic mass is 19.1.